The van der Waals surface area contributed by atoms with Crippen LogP contribution >= 0.6 is 0 Å². The summed E-state index contributed by atoms with van der Waals surface area (Å²) in [6, 6.07) is 8.29. The van der Waals surface area contributed by atoms with Crippen molar-refractivity contribution < 1.29 is 4.79 Å². The van der Waals surface area contributed by atoms with Crippen molar-refractivity contribution in [2.75, 3.05) is 13.1 Å². The van der Waals surface area contributed by atoms with E-state index in [2.05, 4.69) is 4.90 Å². The molecular formula is C16H24N2O. The van der Waals surface area contributed by atoms with Gasteiger partial charge in [-0.15, -0.1) is 0 Å². The Hall–Kier alpha value is -1.35. The minimum absolute atomic E-state index is 0.170. The Morgan fingerprint density at radius 1 is 1.37 bits per heavy atom. The van der Waals surface area contributed by atoms with Crippen LogP contribution in [-0.4, -0.2) is 29.9 Å². The summed E-state index contributed by atoms with van der Waals surface area (Å²) in [7, 11) is 0. The Bertz CT molecular complexity index is 425. The van der Waals surface area contributed by atoms with Crippen molar-refractivity contribution in [3.05, 3.63) is 35.4 Å². The SMILES string of the molecule is Cc1cccc(C(=O)N(CCCN)C2CCCC2)c1. The van der Waals surface area contributed by atoms with Gasteiger partial charge in [0.1, 0.15) is 0 Å². The normalized spacial score (nSPS) is 15.7. The second-order valence-corrected chi connectivity index (χ2v) is 5.45. The molecule has 0 unspecified atom stereocenters. The molecule has 1 fully saturated rings. The number of carbonyl (C=O) groups excluding carboxylic acids is 1. The van der Waals surface area contributed by atoms with Gasteiger partial charge in [-0.1, -0.05) is 30.5 Å². The first kappa shape index (κ1) is 14.1. The molecule has 1 aliphatic carbocycles. The summed E-state index contributed by atoms with van der Waals surface area (Å²) in [5.74, 6) is 0.170. The van der Waals surface area contributed by atoms with Crippen LogP contribution in [0.1, 0.15) is 48.0 Å². The van der Waals surface area contributed by atoms with Gasteiger partial charge in [0.05, 0.1) is 0 Å². The number of carbonyl (C=O) groups is 1. The third kappa shape index (κ3) is 3.57. The number of amides is 1. The topological polar surface area (TPSA) is 46.3 Å². The molecular weight excluding hydrogens is 236 g/mol. The molecule has 1 aromatic rings. The smallest absolute Gasteiger partial charge is 0.254 e. The Labute approximate surface area is 115 Å². The summed E-state index contributed by atoms with van der Waals surface area (Å²) in [5.41, 5.74) is 7.54. The molecule has 0 bridgehead atoms. The van der Waals surface area contributed by atoms with Crippen molar-refractivity contribution in [3.63, 3.8) is 0 Å². The molecule has 0 radical (unpaired) electrons. The lowest BCUT2D eigenvalue weighted by Crippen LogP contribution is -2.40. The molecule has 2 N–H and O–H groups in total. The van der Waals surface area contributed by atoms with Gasteiger partial charge in [0, 0.05) is 18.2 Å². The molecule has 0 atom stereocenters. The third-order valence-electron chi connectivity index (χ3n) is 3.89. The van der Waals surface area contributed by atoms with E-state index in [1.54, 1.807) is 0 Å². The van der Waals surface area contributed by atoms with E-state index < -0.39 is 0 Å². The molecule has 0 saturated heterocycles. The lowest BCUT2D eigenvalue weighted by atomic mass is 10.1. The van der Waals surface area contributed by atoms with Crippen molar-refractivity contribution in [2.45, 2.75) is 45.1 Å². The Morgan fingerprint density at radius 2 is 2.11 bits per heavy atom. The number of aryl methyl sites for hydroxylation is 1. The number of nitrogens with two attached hydrogens (primary N) is 1. The molecule has 0 aliphatic heterocycles. The monoisotopic (exact) mass is 260 g/mol. The zero-order valence-corrected chi connectivity index (χ0v) is 11.8. The molecule has 0 heterocycles. The van der Waals surface area contributed by atoms with Crippen molar-refractivity contribution in [3.8, 4) is 0 Å². The lowest BCUT2D eigenvalue weighted by Gasteiger charge is -2.29. The van der Waals surface area contributed by atoms with E-state index in [-0.39, 0.29) is 5.91 Å². The zero-order chi connectivity index (χ0) is 13.7. The first-order valence-corrected chi connectivity index (χ1v) is 7.30. The highest BCUT2D eigenvalue weighted by atomic mass is 16.2. The zero-order valence-electron chi connectivity index (χ0n) is 11.8. The van der Waals surface area contributed by atoms with Crippen LogP contribution in [0.25, 0.3) is 0 Å². The minimum atomic E-state index is 0.170. The maximum absolute atomic E-state index is 12.7. The van der Waals surface area contributed by atoms with Gasteiger partial charge >= 0.3 is 0 Å². The summed E-state index contributed by atoms with van der Waals surface area (Å²) in [5, 5.41) is 0. The fourth-order valence-electron chi connectivity index (χ4n) is 2.87. The Morgan fingerprint density at radius 3 is 2.74 bits per heavy atom. The Balaban J connectivity index is 2.14. The summed E-state index contributed by atoms with van der Waals surface area (Å²) in [4.78, 5) is 14.7. The molecule has 0 aromatic heterocycles. The van der Waals surface area contributed by atoms with Crippen LogP contribution in [0.2, 0.25) is 0 Å². The summed E-state index contributed by atoms with van der Waals surface area (Å²) >= 11 is 0. The van der Waals surface area contributed by atoms with Crippen LogP contribution in [0.4, 0.5) is 0 Å². The van der Waals surface area contributed by atoms with E-state index in [0.717, 1.165) is 36.9 Å². The third-order valence-corrected chi connectivity index (χ3v) is 3.89. The fraction of sp³-hybridized carbons (Fsp3) is 0.562. The van der Waals surface area contributed by atoms with Gasteiger partial charge in [0.2, 0.25) is 0 Å². The molecule has 1 amide bonds. The second-order valence-electron chi connectivity index (χ2n) is 5.45. The number of nitrogens with zero attached hydrogens (tertiary/aromatic N) is 1. The molecule has 0 spiro atoms. The van der Waals surface area contributed by atoms with Gasteiger partial charge in [-0.25, -0.2) is 0 Å². The molecule has 104 valence electrons. The molecule has 1 aromatic carbocycles. The van der Waals surface area contributed by atoms with E-state index in [4.69, 9.17) is 5.73 Å². The van der Waals surface area contributed by atoms with E-state index in [1.807, 2.05) is 31.2 Å². The Kier molecular flexibility index (Phi) is 4.97. The first-order valence-electron chi connectivity index (χ1n) is 7.30. The number of hydrogen-bond donors (Lipinski definition) is 1. The predicted octanol–water partition coefficient (Wildman–Crippen LogP) is 2.73. The molecule has 2 rings (SSSR count). The first-order chi connectivity index (χ1) is 9.22. The minimum Gasteiger partial charge on any atom is -0.336 e. The lowest BCUT2D eigenvalue weighted by molar-refractivity contribution is 0.0680. The van der Waals surface area contributed by atoms with Gasteiger partial charge < -0.3 is 10.6 Å². The largest absolute Gasteiger partial charge is 0.336 e. The van der Waals surface area contributed by atoms with Crippen molar-refractivity contribution in [1.29, 1.82) is 0 Å². The summed E-state index contributed by atoms with van der Waals surface area (Å²) in [6.45, 7) is 3.45. The molecule has 19 heavy (non-hydrogen) atoms. The van der Waals surface area contributed by atoms with Crippen LogP contribution < -0.4 is 5.73 Å². The predicted molar refractivity (Wildman–Crippen MR) is 78.1 cm³/mol. The maximum atomic E-state index is 12.7. The van der Waals surface area contributed by atoms with Gasteiger partial charge in [-0.05, 0) is 44.9 Å². The van der Waals surface area contributed by atoms with E-state index in [9.17, 15) is 4.79 Å². The second kappa shape index (κ2) is 6.71. The fourth-order valence-corrected chi connectivity index (χ4v) is 2.87. The number of benzene rings is 1. The van der Waals surface area contributed by atoms with Crippen LogP contribution in [-0.2, 0) is 0 Å². The van der Waals surface area contributed by atoms with Crippen molar-refractivity contribution in [1.82, 2.24) is 4.90 Å². The molecule has 1 saturated carbocycles. The van der Waals surface area contributed by atoms with Crippen molar-refractivity contribution >= 4 is 5.91 Å². The summed E-state index contributed by atoms with van der Waals surface area (Å²) < 4.78 is 0. The van der Waals surface area contributed by atoms with Crippen LogP contribution in [0.5, 0.6) is 0 Å². The summed E-state index contributed by atoms with van der Waals surface area (Å²) in [6.07, 6.45) is 5.65. The number of rotatable bonds is 5. The molecule has 3 heteroatoms. The average Bonchev–Trinajstić information content (AvgIpc) is 2.93. The highest BCUT2D eigenvalue weighted by molar-refractivity contribution is 5.94. The standard InChI is InChI=1S/C16H24N2O/c1-13-6-4-7-14(12-13)16(19)18(11-5-10-17)15-8-2-3-9-15/h4,6-7,12,15H,2-3,5,8-11,17H2,1H3. The van der Waals surface area contributed by atoms with Crippen LogP contribution in [0.15, 0.2) is 24.3 Å². The highest BCUT2D eigenvalue weighted by Crippen LogP contribution is 2.25. The molecule has 3 nitrogen and oxygen atoms in total. The van der Waals surface area contributed by atoms with E-state index >= 15 is 0 Å². The van der Waals surface area contributed by atoms with E-state index in [1.165, 1.54) is 12.8 Å². The molecule has 1 aliphatic rings. The van der Waals surface area contributed by atoms with Gasteiger partial charge in [-0.2, -0.15) is 0 Å². The highest BCUT2D eigenvalue weighted by Gasteiger charge is 2.26. The maximum Gasteiger partial charge on any atom is 0.254 e. The van der Waals surface area contributed by atoms with E-state index in [0.29, 0.717) is 12.6 Å². The van der Waals surface area contributed by atoms with Crippen molar-refractivity contribution in [2.24, 2.45) is 5.73 Å². The van der Waals surface area contributed by atoms with Crippen LogP contribution in [0, 0.1) is 6.92 Å². The van der Waals surface area contributed by atoms with Gasteiger partial charge in [-0.3, -0.25) is 4.79 Å². The number of hydrogen-bond acceptors (Lipinski definition) is 2. The van der Waals surface area contributed by atoms with Gasteiger partial charge in [0.25, 0.3) is 5.91 Å². The quantitative estimate of drug-likeness (QED) is 0.885. The van der Waals surface area contributed by atoms with Crippen LogP contribution in [0.3, 0.4) is 0 Å². The average molecular weight is 260 g/mol. The van der Waals surface area contributed by atoms with Gasteiger partial charge in [0.15, 0.2) is 0 Å².